The van der Waals surface area contributed by atoms with Crippen molar-refractivity contribution in [2.75, 3.05) is 31.4 Å². The highest BCUT2D eigenvalue weighted by Crippen LogP contribution is 2.10. The molecule has 0 unspecified atom stereocenters. The number of ether oxygens (including phenoxy) is 1. The monoisotopic (exact) mass is 303 g/mol. The van der Waals surface area contributed by atoms with Crippen LogP contribution in [0.15, 0.2) is 30.3 Å². The first kappa shape index (κ1) is 16.3. The molecular formula is C14H19Cl2NO2. The minimum atomic E-state index is -0.206. The zero-order valence-electron chi connectivity index (χ0n) is 10.9. The van der Waals surface area contributed by atoms with Crippen LogP contribution in [0.25, 0.3) is 0 Å². The highest BCUT2D eigenvalue weighted by molar-refractivity contribution is 6.18. The van der Waals surface area contributed by atoms with Crippen molar-refractivity contribution >= 4 is 29.2 Å². The van der Waals surface area contributed by atoms with Gasteiger partial charge in [-0.2, -0.15) is 0 Å². The summed E-state index contributed by atoms with van der Waals surface area (Å²) in [6.45, 7) is 2.40. The van der Waals surface area contributed by atoms with Crippen LogP contribution < -0.4 is 4.74 Å². The molecule has 0 atom stereocenters. The standard InChI is InChI=1S/C14H19Cl2NO2/c15-8-11-17(12-9-16)10-4-7-14(18)19-13-5-2-1-3-6-13/h1-3,5-6H,4,7-12H2. The Labute approximate surface area is 124 Å². The van der Waals surface area contributed by atoms with Gasteiger partial charge in [0.1, 0.15) is 5.75 Å². The number of rotatable bonds is 9. The predicted molar refractivity (Wildman–Crippen MR) is 79.2 cm³/mol. The number of alkyl halides is 2. The van der Waals surface area contributed by atoms with Crippen LogP contribution in [0.2, 0.25) is 0 Å². The summed E-state index contributed by atoms with van der Waals surface area (Å²) in [6.07, 6.45) is 1.15. The molecule has 0 aromatic heterocycles. The first-order valence-corrected chi connectivity index (χ1v) is 7.43. The van der Waals surface area contributed by atoms with Crippen LogP contribution >= 0.6 is 23.2 Å². The summed E-state index contributed by atoms with van der Waals surface area (Å²) in [5, 5.41) is 0. The lowest BCUT2D eigenvalue weighted by atomic mass is 10.3. The third-order valence-corrected chi connectivity index (χ3v) is 2.97. The van der Waals surface area contributed by atoms with Gasteiger partial charge in [0, 0.05) is 31.3 Å². The Morgan fingerprint density at radius 2 is 1.68 bits per heavy atom. The smallest absolute Gasteiger partial charge is 0.311 e. The van der Waals surface area contributed by atoms with Crippen molar-refractivity contribution in [1.82, 2.24) is 4.90 Å². The van der Waals surface area contributed by atoms with E-state index in [9.17, 15) is 4.79 Å². The molecule has 0 saturated heterocycles. The molecule has 0 radical (unpaired) electrons. The number of benzene rings is 1. The number of esters is 1. The van der Waals surface area contributed by atoms with Crippen LogP contribution in [0.5, 0.6) is 5.75 Å². The highest BCUT2D eigenvalue weighted by atomic mass is 35.5. The van der Waals surface area contributed by atoms with Gasteiger partial charge >= 0.3 is 5.97 Å². The molecule has 0 bridgehead atoms. The van der Waals surface area contributed by atoms with Crippen LogP contribution in [0.1, 0.15) is 12.8 Å². The van der Waals surface area contributed by atoms with Crippen LogP contribution in [0.3, 0.4) is 0 Å². The van der Waals surface area contributed by atoms with Gasteiger partial charge in [0.25, 0.3) is 0 Å². The number of hydrogen-bond acceptors (Lipinski definition) is 3. The minimum absolute atomic E-state index is 0.206. The van der Waals surface area contributed by atoms with Crippen molar-refractivity contribution in [3.63, 3.8) is 0 Å². The molecule has 0 fully saturated rings. The van der Waals surface area contributed by atoms with E-state index in [1.54, 1.807) is 12.1 Å². The quantitative estimate of drug-likeness (QED) is 0.399. The van der Waals surface area contributed by atoms with Crippen molar-refractivity contribution in [2.24, 2.45) is 0 Å². The Morgan fingerprint density at radius 1 is 1.05 bits per heavy atom. The molecule has 0 aliphatic carbocycles. The summed E-state index contributed by atoms with van der Waals surface area (Å²) in [7, 11) is 0. The van der Waals surface area contributed by atoms with Crippen LogP contribution in [-0.2, 0) is 4.79 Å². The lowest BCUT2D eigenvalue weighted by Gasteiger charge is -2.19. The van der Waals surface area contributed by atoms with Crippen molar-refractivity contribution in [3.05, 3.63) is 30.3 Å². The van der Waals surface area contributed by atoms with Gasteiger partial charge in [-0.05, 0) is 25.1 Å². The van der Waals surface area contributed by atoms with Gasteiger partial charge in [0.15, 0.2) is 0 Å². The molecule has 0 saturated carbocycles. The zero-order valence-corrected chi connectivity index (χ0v) is 12.4. The maximum absolute atomic E-state index is 11.6. The molecule has 0 aliphatic heterocycles. The van der Waals surface area contributed by atoms with E-state index in [0.717, 1.165) is 26.1 Å². The summed E-state index contributed by atoms with van der Waals surface area (Å²) >= 11 is 11.4. The van der Waals surface area contributed by atoms with Gasteiger partial charge in [-0.3, -0.25) is 4.79 Å². The van der Waals surface area contributed by atoms with Crippen LogP contribution in [0.4, 0.5) is 0 Å². The number of nitrogens with zero attached hydrogens (tertiary/aromatic N) is 1. The number of para-hydroxylation sites is 1. The summed E-state index contributed by atoms with van der Waals surface area (Å²) in [4.78, 5) is 13.8. The molecule has 0 heterocycles. The van der Waals surface area contributed by atoms with Gasteiger partial charge in [-0.25, -0.2) is 0 Å². The Bertz CT molecular complexity index is 354. The zero-order chi connectivity index (χ0) is 13.9. The van der Waals surface area contributed by atoms with E-state index in [1.807, 2.05) is 18.2 Å². The molecule has 0 spiro atoms. The number of hydrogen-bond donors (Lipinski definition) is 0. The summed E-state index contributed by atoms with van der Waals surface area (Å²) in [6, 6.07) is 9.10. The maximum atomic E-state index is 11.6. The lowest BCUT2D eigenvalue weighted by Crippen LogP contribution is -2.29. The molecule has 1 rings (SSSR count). The molecule has 106 valence electrons. The van der Waals surface area contributed by atoms with E-state index >= 15 is 0 Å². The largest absolute Gasteiger partial charge is 0.427 e. The fourth-order valence-corrected chi connectivity index (χ4v) is 2.17. The first-order valence-electron chi connectivity index (χ1n) is 6.36. The Morgan fingerprint density at radius 3 is 2.26 bits per heavy atom. The van der Waals surface area contributed by atoms with E-state index in [0.29, 0.717) is 23.9 Å². The van der Waals surface area contributed by atoms with E-state index in [2.05, 4.69) is 4.90 Å². The second-order valence-corrected chi connectivity index (χ2v) is 4.87. The van der Waals surface area contributed by atoms with Gasteiger partial charge in [-0.1, -0.05) is 18.2 Å². The van der Waals surface area contributed by atoms with E-state index in [-0.39, 0.29) is 5.97 Å². The topological polar surface area (TPSA) is 29.5 Å². The summed E-state index contributed by atoms with van der Waals surface area (Å²) in [5.41, 5.74) is 0. The van der Waals surface area contributed by atoms with Crippen LogP contribution in [0, 0.1) is 0 Å². The summed E-state index contributed by atoms with van der Waals surface area (Å²) in [5.74, 6) is 1.53. The number of carbonyl (C=O) groups is 1. The van der Waals surface area contributed by atoms with Gasteiger partial charge in [-0.15, -0.1) is 23.2 Å². The van der Waals surface area contributed by atoms with E-state index < -0.39 is 0 Å². The third kappa shape index (κ3) is 7.41. The van der Waals surface area contributed by atoms with Crippen molar-refractivity contribution in [2.45, 2.75) is 12.8 Å². The molecule has 1 aromatic carbocycles. The molecular weight excluding hydrogens is 285 g/mol. The number of halogens is 2. The second kappa shape index (κ2) is 10.1. The molecule has 0 N–H and O–H groups in total. The maximum Gasteiger partial charge on any atom is 0.311 e. The SMILES string of the molecule is O=C(CCCN(CCCl)CCCl)Oc1ccccc1. The van der Waals surface area contributed by atoms with Gasteiger partial charge in [0.2, 0.25) is 0 Å². The van der Waals surface area contributed by atoms with Crippen molar-refractivity contribution in [3.8, 4) is 5.75 Å². The minimum Gasteiger partial charge on any atom is -0.427 e. The van der Waals surface area contributed by atoms with Gasteiger partial charge < -0.3 is 9.64 Å². The number of carbonyl (C=O) groups excluding carboxylic acids is 1. The molecule has 5 heteroatoms. The Kier molecular flexibility index (Phi) is 8.63. The fraction of sp³-hybridized carbons (Fsp3) is 0.500. The lowest BCUT2D eigenvalue weighted by molar-refractivity contribution is -0.134. The Hall–Kier alpha value is -0.770. The third-order valence-electron chi connectivity index (χ3n) is 2.63. The van der Waals surface area contributed by atoms with Gasteiger partial charge in [0.05, 0.1) is 0 Å². The van der Waals surface area contributed by atoms with Crippen LogP contribution in [-0.4, -0.2) is 42.3 Å². The first-order chi connectivity index (χ1) is 9.26. The molecule has 0 amide bonds. The summed E-state index contributed by atoms with van der Waals surface area (Å²) < 4.78 is 5.21. The Balaban J connectivity index is 2.22. The normalized spacial score (nSPS) is 10.7. The van der Waals surface area contributed by atoms with Crippen molar-refractivity contribution in [1.29, 1.82) is 0 Å². The molecule has 3 nitrogen and oxygen atoms in total. The molecule has 0 aliphatic rings. The second-order valence-electron chi connectivity index (χ2n) is 4.11. The average molecular weight is 304 g/mol. The predicted octanol–water partition coefficient (Wildman–Crippen LogP) is 3.15. The highest BCUT2D eigenvalue weighted by Gasteiger charge is 2.07. The van der Waals surface area contributed by atoms with Crippen molar-refractivity contribution < 1.29 is 9.53 Å². The fourth-order valence-electron chi connectivity index (χ4n) is 1.69. The molecule has 19 heavy (non-hydrogen) atoms. The molecule has 1 aromatic rings. The average Bonchev–Trinajstić information content (AvgIpc) is 2.40. The van der Waals surface area contributed by atoms with E-state index in [4.69, 9.17) is 27.9 Å². The van der Waals surface area contributed by atoms with E-state index in [1.165, 1.54) is 0 Å².